The van der Waals surface area contributed by atoms with Crippen LogP contribution in [0.15, 0.2) is 182 Å². The van der Waals surface area contributed by atoms with E-state index >= 15 is 0 Å². The molecule has 0 fully saturated rings. The summed E-state index contributed by atoms with van der Waals surface area (Å²) in [6, 6.07) is 65.7. The van der Waals surface area contributed by atoms with Gasteiger partial charge in [0, 0.05) is 38.5 Å². The third kappa shape index (κ3) is 6.07. The molecule has 9 aromatic carbocycles. The average molecular weight is 811 g/mol. The van der Waals surface area contributed by atoms with Crippen LogP contribution in [0.5, 0.6) is 0 Å². The fraction of sp³-hybridized carbons (Fsp3) is 0.136. The summed E-state index contributed by atoms with van der Waals surface area (Å²) in [4.78, 5) is 15.6. The van der Waals surface area contributed by atoms with Gasteiger partial charge in [0.1, 0.15) is 0 Å². The van der Waals surface area contributed by atoms with E-state index in [1.54, 1.807) is 0 Å². The van der Waals surface area contributed by atoms with E-state index in [0.29, 0.717) is 17.5 Å². The molecule has 0 saturated carbocycles. The Morgan fingerprint density at radius 3 is 1.54 bits per heavy atom. The highest BCUT2D eigenvalue weighted by Crippen LogP contribution is 2.50. The van der Waals surface area contributed by atoms with Crippen LogP contribution in [0.25, 0.3) is 105 Å². The Balaban J connectivity index is 1.09. The number of hydrogen-bond donors (Lipinski definition) is 0. The molecule has 0 amide bonds. The lowest BCUT2D eigenvalue weighted by molar-refractivity contribution is 0.332. The van der Waals surface area contributed by atoms with Gasteiger partial charge in [-0.2, -0.15) is 0 Å². The van der Waals surface area contributed by atoms with Gasteiger partial charge >= 0.3 is 0 Å². The maximum atomic E-state index is 5.27. The summed E-state index contributed by atoms with van der Waals surface area (Å²) < 4.78 is 2.52. The molecule has 2 aromatic heterocycles. The molecule has 4 nitrogen and oxygen atoms in total. The summed E-state index contributed by atoms with van der Waals surface area (Å²) in [6.45, 7) is 9.70. The van der Waals surface area contributed by atoms with Gasteiger partial charge in [-0.15, -0.1) is 0 Å². The van der Waals surface area contributed by atoms with Crippen LogP contribution in [0.1, 0.15) is 51.7 Å². The van der Waals surface area contributed by atoms with Crippen molar-refractivity contribution in [3.8, 4) is 51.0 Å². The number of nitrogens with zero attached hydrogens (tertiary/aromatic N) is 4. The van der Waals surface area contributed by atoms with Crippen molar-refractivity contribution in [1.29, 1.82) is 0 Å². The van der Waals surface area contributed by atoms with Crippen LogP contribution in [-0.4, -0.2) is 19.5 Å². The molecule has 2 heterocycles. The number of rotatable bonds is 5. The Labute approximate surface area is 367 Å². The van der Waals surface area contributed by atoms with Gasteiger partial charge in [0.25, 0.3) is 0 Å². The van der Waals surface area contributed by atoms with Crippen molar-refractivity contribution < 1.29 is 0 Å². The van der Waals surface area contributed by atoms with Gasteiger partial charge in [0.05, 0.1) is 11.0 Å². The van der Waals surface area contributed by atoms with Gasteiger partial charge in [0.2, 0.25) is 0 Å². The molecular weight excluding hydrogens is 765 g/mol. The first-order valence-electron chi connectivity index (χ1n) is 22.1. The summed E-state index contributed by atoms with van der Waals surface area (Å²) in [5.74, 6) is 1.92. The predicted octanol–water partition coefficient (Wildman–Crippen LogP) is 15.4. The molecule has 63 heavy (non-hydrogen) atoms. The SMILES string of the molecule is CC1(C)CCC(C)(C)c2cc3c(cc21)c1c2ccccc2c2ccccc2c1n3-c1cccc(-c2nc(-c3ccccc3)nc(-c3ccc4cc(-c5ccccc5)ccc4c3)n2)c1. The second kappa shape index (κ2) is 14.1. The minimum atomic E-state index is 0.0500. The molecule has 0 saturated heterocycles. The highest BCUT2D eigenvalue weighted by atomic mass is 15.0. The maximum absolute atomic E-state index is 5.27. The van der Waals surface area contributed by atoms with E-state index in [4.69, 9.17) is 15.0 Å². The molecule has 0 aliphatic heterocycles. The predicted molar refractivity (Wildman–Crippen MR) is 264 cm³/mol. The highest BCUT2D eigenvalue weighted by molar-refractivity contribution is 6.32. The van der Waals surface area contributed by atoms with E-state index in [1.807, 2.05) is 18.2 Å². The first kappa shape index (κ1) is 37.3. The smallest absolute Gasteiger partial charge is 0.164 e. The second-order valence-corrected chi connectivity index (χ2v) is 18.7. The van der Waals surface area contributed by atoms with Gasteiger partial charge in [-0.05, 0) is 109 Å². The van der Waals surface area contributed by atoms with Crippen LogP contribution < -0.4 is 0 Å². The fourth-order valence-corrected chi connectivity index (χ4v) is 10.3. The van der Waals surface area contributed by atoms with Crippen molar-refractivity contribution in [3.05, 3.63) is 193 Å². The maximum Gasteiger partial charge on any atom is 0.164 e. The Morgan fingerprint density at radius 2 is 0.873 bits per heavy atom. The molecule has 1 aliphatic carbocycles. The van der Waals surface area contributed by atoms with Crippen molar-refractivity contribution in [2.75, 3.05) is 0 Å². The first-order valence-corrected chi connectivity index (χ1v) is 22.1. The number of benzene rings is 9. The van der Waals surface area contributed by atoms with Crippen LogP contribution in [0.3, 0.4) is 0 Å². The summed E-state index contributed by atoms with van der Waals surface area (Å²) in [5.41, 5.74) is 11.8. The molecule has 0 unspecified atom stereocenters. The monoisotopic (exact) mass is 810 g/mol. The van der Waals surface area contributed by atoms with Crippen LogP contribution in [0, 0.1) is 0 Å². The zero-order valence-corrected chi connectivity index (χ0v) is 36.0. The minimum Gasteiger partial charge on any atom is -0.309 e. The topological polar surface area (TPSA) is 43.6 Å². The molecule has 0 bridgehead atoms. The van der Waals surface area contributed by atoms with E-state index in [2.05, 4.69) is 196 Å². The molecule has 12 rings (SSSR count). The van der Waals surface area contributed by atoms with Crippen LogP contribution in [0.4, 0.5) is 0 Å². The van der Waals surface area contributed by atoms with Crippen LogP contribution >= 0.6 is 0 Å². The Kier molecular flexibility index (Phi) is 8.33. The van der Waals surface area contributed by atoms with E-state index in [1.165, 1.54) is 71.0 Å². The number of hydrogen-bond acceptors (Lipinski definition) is 3. The Bertz CT molecular complexity index is 3620. The van der Waals surface area contributed by atoms with Crippen molar-refractivity contribution >= 4 is 54.1 Å². The normalized spacial score (nSPS) is 14.5. The Hall–Kier alpha value is -7.43. The third-order valence-corrected chi connectivity index (χ3v) is 13.8. The number of fused-ring (bicyclic) bond motifs is 10. The van der Waals surface area contributed by atoms with Crippen molar-refractivity contribution in [3.63, 3.8) is 0 Å². The largest absolute Gasteiger partial charge is 0.309 e. The molecule has 0 N–H and O–H groups in total. The summed E-state index contributed by atoms with van der Waals surface area (Å²) in [7, 11) is 0. The fourth-order valence-electron chi connectivity index (χ4n) is 10.3. The van der Waals surface area contributed by atoms with Gasteiger partial charge in [-0.25, -0.2) is 15.0 Å². The molecule has 11 aromatic rings. The third-order valence-electron chi connectivity index (χ3n) is 13.8. The standard InChI is InChI=1S/C59H46N4/c1-58(2)30-31-59(3,4)51-36-52-49(35-50(51)58)53-47-24-13-11-22-45(47)46-23-12-14-25-48(46)54(53)63(52)44-21-15-20-42(34-44)56-60-55(38-18-9-6-10-19-38)61-57(62-56)43-29-28-40-32-39(26-27-41(40)33-43)37-16-7-5-8-17-37/h5-29,32-36H,30-31H2,1-4H3. The van der Waals surface area contributed by atoms with E-state index in [9.17, 15) is 0 Å². The molecule has 302 valence electrons. The van der Waals surface area contributed by atoms with E-state index in [-0.39, 0.29) is 10.8 Å². The van der Waals surface area contributed by atoms with Crippen molar-refractivity contribution in [2.45, 2.75) is 51.4 Å². The molecule has 0 atom stereocenters. The summed E-state index contributed by atoms with van der Waals surface area (Å²) >= 11 is 0. The zero-order valence-electron chi connectivity index (χ0n) is 36.0. The molecule has 0 spiro atoms. The van der Waals surface area contributed by atoms with E-state index in [0.717, 1.165) is 40.6 Å². The first-order chi connectivity index (χ1) is 30.7. The van der Waals surface area contributed by atoms with E-state index < -0.39 is 0 Å². The van der Waals surface area contributed by atoms with Gasteiger partial charge in [0.15, 0.2) is 17.5 Å². The second-order valence-electron chi connectivity index (χ2n) is 18.7. The molecule has 4 heteroatoms. The molecule has 1 aliphatic rings. The summed E-state index contributed by atoms with van der Waals surface area (Å²) in [6.07, 6.45) is 2.31. The van der Waals surface area contributed by atoms with Crippen LogP contribution in [-0.2, 0) is 10.8 Å². The summed E-state index contributed by atoms with van der Waals surface area (Å²) in [5, 5.41) is 9.96. The van der Waals surface area contributed by atoms with Gasteiger partial charge in [-0.3, -0.25) is 0 Å². The molecular formula is C59H46N4. The quantitative estimate of drug-likeness (QED) is 0.163. The lowest BCUT2D eigenvalue weighted by Gasteiger charge is -2.42. The lowest BCUT2D eigenvalue weighted by atomic mass is 9.63. The minimum absolute atomic E-state index is 0.0500. The zero-order chi connectivity index (χ0) is 42.5. The average Bonchev–Trinajstić information content (AvgIpc) is 3.68. The highest BCUT2D eigenvalue weighted by Gasteiger charge is 2.38. The lowest BCUT2D eigenvalue weighted by Crippen LogP contribution is -2.33. The van der Waals surface area contributed by atoms with Crippen LogP contribution in [0.2, 0.25) is 0 Å². The Morgan fingerprint density at radius 1 is 0.381 bits per heavy atom. The van der Waals surface area contributed by atoms with Gasteiger partial charge < -0.3 is 4.57 Å². The van der Waals surface area contributed by atoms with Gasteiger partial charge in [-0.1, -0.05) is 173 Å². The number of aromatic nitrogens is 4. The molecule has 0 radical (unpaired) electrons. The van der Waals surface area contributed by atoms with Crippen molar-refractivity contribution in [1.82, 2.24) is 19.5 Å². The van der Waals surface area contributed by atoms with Crippen molar-refractivity contribution in [2.24, 2.45) is 0 Å².